The van der Waals surface area contributed by atoms with Crippen molar-refractivity contribution in [1.82, 2.24) is 4.90 Å². The molecule has 138 valence electrons. The van der Waals surface area contributed by atoms with Gasteiger partial charge in [0.2, 0.25) is 0 Å². The van der Waals surface area contributed by atoms with E-state index < -0.39 is 0 Å². The van der Waals surface area contributed by atoms with Gasteiger partial charge in [-0.05, 0) is 57.6 Å². The second-order valence-corrected chi connectivity index (χ2v) is 6.87. The van der Waals surface area contributed by atoms with E-state index in [-0.39, 0.29) is 18.2 Å². The lowest BCUT2D eigenvalue weighted by Gasteiger charge is -2.49. The van der Waals surface area contributed by atoms with Crippen molar-refractivity contribution in [3.63, 3.8) is 0 Å². The molecular formula is C22H29N3O. The summed E-state index contributed by atoms with van der Waals surface area (Å²) in [6.45, 7) is 12.7. The Hall–Kier alpha value is -2.33. The van der Waals surface area contributed by atoms with Crippen LogP contribution in [0, 0.1) is 6.92 Å². The van der Waals surface area contributed by atoms with Crippen LogP contribution in [0.3, 0.4) is 0 Å². The molecule has 3 rings (SSSR count). The average molecular weight is 351 g/mol. The van der Waals surface area contributed by atoms with Gasteiger partial charge in [0, 0.05) is 5.69 Å². The topological polar surface area (TPSA) is 26.8 Å². The van der Waals surface area contributed by atoms with Crippen LogP contribution in [0.1, 0.15) is 43.6 Å². The molecule has 0 radical (unpaired) electrons. The van der Waals surface area contributed by atoms with Crippen molar-refractivity contribution >= 4 is 17.3 Å². The molecule has 0 fully saturated rings. The van der Waals surface area contributed by atoms with Gasteiger partial charge in [-0.3, -0.25) is 14.6 Å². The normalized spacial score (nSPS) is 18.2. The second kappa shape index (κ2) is 7.50. The van der Waals surface area contributed by atoms with Crippen LogP contribution in [-0.2, 0) is 0 Å². The van der Waals surface area contributed by atoms with E-state index >= 15 is 0 Å². The van der Waals surface area contributed by atoms with Gasteiger partial charge < -0.3 is 4.90 Å². The zero-order chi connectivity index (χ0) is 18.8. The molecule has 0 saturated carbocycles. The summed E-state index contributed by atoms with van der Waals surface area (Å²) in [4.78, 5) is 20.1. The standard InChI is InChI=1S/C22H29N3O/c1-6-23(7-2)17(4)24-18(5)25(20-14-10-8-12-16(20)3)22(26)19-13-9-11-15-21(19)24/h8-15,17-18H,6-7H2,1-5H3. The van der Waals surface area contributed by atoms with Crippen LogP contribution in [0.2, 0.25) is 0 Å². The number of hydrogen-bond acceptors (Lipinski definition) is 3. The summed E-state index contributed by atoms with van der Waals surface area (Å²) in [5, 5.41) is 0. The van der Waals surface area contributed by atoms with E-state index in [0.29, 0.717) is 0 Å². The van der Waals surface area contributed by atoms with Crippen LogP contribution >= 0.6 is 0 Å². The minimum absolute atomic E-state index is 0.0610. The first-order chi connectivity index (χ1) is 12.5. The molecule has 1 heterocycles. The molecule has 4 heteroatoms. The van der Waals surface area contributed by atoms with Gasteiger partial charge in [-0.25, -0.2) is 0 Å². The van der Waals surface area contributed by atoms with Crippen molar-refractivity contribution in [3.05, 3.63) is 59.7 Å². The highest BCUT2D eigenvalue weighted by molar-refractivity contribution is 6.12. The Morgan fingerprint density at radius 1 is 1.00 bits per heavy atom. The largest absolute Gasteiger partial charge is 0.335 e. The van der Waals surface area contributed by atoms with Crippen LogP contribution in [-0.4, -0.2) is 36.2 Å². The van der Waals surface area contributed by atoms with Gasteiger partial charge in [0.25, 0.3) is 5.91 Å². The Morgan fingerprint density at radius 3 is 2.19 bits per heavy atom. The Morgan fingerprint density at radius 2 is 1.58 bits per heavy atom. The maximum absolute atomic E-state index is 13.3. The summed E-state index contributed by atoms with van der Waals surface area (Å²) >= 11 is 0. The maximum atomic E-state index is 13.3. The Labute approximate surface area is 157 Å². The zero-order valence-electron chi connectivity index (χ0n) is 16.4. The highest BCUT2D eigenvalue weighted by atomic mass is 16.2. The number of carbonyl (C=O) groups excluding carboxylic acids is 1. The summed E-state index contributed by atoms with van der Waals surface area (Å²) in [6, 6.07) is 16.1. The molecule has 2 atom stereocenters. The van der Waals surface area contributed by atoms with Crippen molar-refractivity contribution in [2.45, 2.75) is 47.0 Å². The third-order valence-electron chi connectivity index (χ3n) is 5.53. The van der Waals surface area contributed by atoms with E-state index in [1.807, 2.05) is 41.3 Å². The van der Waals surface area contributed by atoms with Crippen molar-refractivity contribution in [2.24, 2.45) is 0 Å². The van der Waals surface area contributed by atoms with Gasteiger partial charge in [-0.15, -0.1) is 0 Å². The minimum atomic E-state index is -0.0610. The lowest BCUT2D eigenvalue weighted by atomic mass is 10.0. The first-order valence-electron chi connectivity index (χ1n) is 9.51. The molecule has 0 aromatic heterocycles. The van der Waals surface area contributed by atoms with Crippen molar-refractivity contribution < 1.29 is 4.79 Å². The van der Waals surface area contributed by atoms with E-state index in [4.69, 9.17) is 0 Å². The van der Waals surface area contributed by atoms with Gasteiger partial charge in [-0.1, -0.05) is 44.2 Å². The predicted molar refractivity (Wildman–Crippen MR) is 109 cm³/mol. The van der Waals surface area contributed by atoms with Crippen LogP contribution < -0.4 is 9.80 Å². The number of benzene rings is 2. The molecule has 2 aromatic rings. The number of para-hydroxylation sites is 2. The fourth-order valence-electron chi connectivity index (χ4n) is 4.09. The van der Waals surface area contributed by atoms with Crippen LogP contribution in [0.15, 0.2) is 48.5 Å². The predicted octanol–water partition coefficient (Wildman–Crippen LogP) is 4.50. The molecule has 2 aromatic carbocycles. The molecule has 0 spiro atoms. The first-order valence-corrected chi connectivity index (χ1v) is 9.51. The average Bonchev–Trinajstić information content (AvgIpc) is 2.64. The molecule has 1 amide bonds. The number of hydrogen-bond donors (Lipinski definition) is 0. The number of aryl methyl sites for hydroxylation is 1. The fraction of sp³-hybridized carbons (Fsp3) is 0.409. The summed E-state index contributed by atoms with van der Waals surface area (Å²) in [7, 11) is 0. The number of carbonyl (C=O) groups is 1. The third kappa shape index (κ3) is 2.99. The van der Waals surface area contributed by atoms with Crippen molar-refractivity contribution in [2.75, 3.05) is 22.9 Å². The summed E-state index contributed by atoms with van der Waals surface area (Å²) < 4.78 is 0. The quantitative estimate of drug-likeness (QED) is 0.794. The SMILES string of the molecule is CCN(CC)C(C)N1c2ccccc2C(=O)N(c2ccccc2C)C1C. The van der Waals surface area contributed by atoms with E-state index in [2.05, 4.69) is 56.6 Å². The molecule has 4 nitrogen and oxygen atoms in total. The number of amides is 1. The van der Waals surface area contributed by atoms with Crippen molar-refractivity contribution in [1.29, 1.82) is 0 Å². The van der Waals surface area contributed by atoms with Gasteiger partial charge in [0.15, 0.2) is 0 Å². The lowest BCUT2D eigenvalue weighted by molar-refractivity contribution is 0.0962. The summed E-state index contributed by atoms with van der Waals surface area (Å²) in [5.74, 6) is 0.0744. The van der Waals surface area contributed by atoms with E-state index in [0.717, 1.165) is 35.6 Å². The number of fused-ring (bicyclic) bond motifs is 1. The summed E-state index contributed by atoms with van der Waals surface area (Å²) in [6.07, 6.45) is 0.134. The molecule has 0 N–H and O–H groups in total. The fourth-order valence-corrected chi connectivity index (χ4v) is 4.09. The highest BCUT2D eigenvalue weighted by Gasteiger charge is 2.39. The van der Waals surface area contributed by atoms with Crippen molar-refractivity contribution in [3.8, 4) is 0 Å². The van der Waals surface area contributed by atoms with E-state index in [1.165, 1.54) is 0 Å². The van der Waals surface area contributed by atoms with E-state index in [1.54, 1.807) is 0 Å². The number of anilines is 2. The highest BCUT2D eigenvalue weighted by Crippen LogP contribution is 2.36. The molecular weight excluding hydrogens is 322 g/mol. The molecule has 26 heavy (non-hydrogen) atoms. The number of rotatable bonds is 5. The lowest BCUT2D eigenvalue weighted by Crippen LogP contribution is -2.60. The molecule has 1 aliphatic rings. The third-order valence-corrected chi connectivity index (χ3v) is 5.53. The molecule has 2 unspecified atom stereocenters. The van der Waals surface area contributed by atoms with Gasteiger partial charge in [-0.2, -0.15) is 0 Å². The Kier molecular flexibility index (Phi) is 5.33. The van der Waals surface area contributed by atoms with Gasteiger partial charge in [0.1, 0.15) is 6.17 Å². The molecule has 1 aliphatic heterocycles. The van der Waals surface area contributed by atoms with Crippen LogP contribution in [0.25, 0.3) is 0 Å². The van der Waals surface area contributed by atoms with Crippen LogP contribution in [0.4, 0.5) is 11.4 Å². The summed E-state index contributed by atoms with van der Waals surface area (Å²) in [5.41, 5.74) is 3.89. The smallest absolute Gasteiger partial charge is 0.262 e. The molecule has 0 saturated heterocycles. The number of nitrogens with zero attached hydrogens (tertiary/aromatic N) is 3. The van der Waals surface area contributed by atoms with Gasteiger partial charge >= 0.3 is 0 Å². The zero-order valence-corrected chi connectivity index (χ0v) is 16.4. The Balaban J connectivity index is 2.14. The molecule has 0 bridgehead atoms. The maximum Gasteiger partial charge on any atom is 0.262 e. The van der Waals surface area contributed by atoms with Gasteiger partial charge in [0.05, 0.1) is 17.4 Å². The van der Waals surface area contributed by atoms with Crippen LogP contribution in [0.5, 0.6) is 0 Å². The molecule has 0 aliphatic carbocycles. The second-order valence-electron chi connectivity index (χ2n) is 6.87. The Bertz CT molecular complexity index is 784. The first kappa shape index (κ1) is 18.5. The van der Waals surface area contributed by atoms with E-state index in [9.17, 15) is 4.79 Å². The monoisotopic (exact) mass is 351 g/mol. The minimum Gasteiger partial charge on any atom is -0.335 e.